The lowest BCUT2D eigenvalue weighted by molar-refractivity contribution is -0.142. The first-order valence-electron chi connectivity index (χ1n) is 5.59. The molecule has 0 saturated heterocycles. The van der Waals surface area contributed by atoms with Gasteiger partial charge in [-0.15, -0.1) is 0 Å². The fourth-order valence-corrected chi connectivity index (χ4v) is 1.65. The lowest BCUT2D eigenvalue weighted by Gasteiger charge is -2.35. The molecule has 0 fully saturated rings. The second kappa shape index (κ2) is 3.60. The largest absolute Gasteiger partial charge is 0.477 e. The van der Waals surface area contributed by atoms with Crippen molar-refractivity contribution in [3.8, 4) is 11.5 Å². The van der Waals surface area contributed by atoms with E-state index in [1.165, 1.54) is 6.07 Å². The molecule has 0 aliphatic carbocycles. The minimum absolute atomic E-state index is 0.0417. The first kappa shape index (κ1) is 12.7. The van der Waals surface area contributed by atoms with Gasteiger partial charge in [0, 0.05) is 12.3 Å². The highest BCUT2D eigenvalue weighted by atomic mass is 19.1. The minimum Gasteiger partial charge on any atom is -0.477 e. The number of rotatable bonds is 1. The zero-order valence-electron chi connectivity index (χ0n) is 10.7. The van der Waals surface area contributed by atoms with Crippen molar-refractivity contribution in [1.82, 2.24) is 0 Å². The number of carboxylic acid groups (broad SMARTS) is 1. The van der Waals surface area contributed by atoms with Gasteiger partial charge in [0.1, 0.15) is 11.4 Å². The molecule has 18 heavy (non-hydrogen) atoms. The first-order chi connectivity index (χ1) is 8.16. The Morgan fingerprint density at radius 1 is 1.33 bits per heavy atom. The van der Waals surface area contributed by atoms with Crippen molar-refractivity contribution in [2.75, 3.05) is 0 Å². The summed E-state index contributed by atoms with van der Waals surface area (Å²) in [4.78, 5) is 11.1. The van der Waals surface area contributed by atoms with Gasteiger partial charge in [-0.1, -0.05) is 20.8 Å². The lowest BCUT2D eigenvalue weighted by Crippen LogP contribution is -2.47. The van der Waals surface area contributed by atoms with E-state index in [2.05, 4.69) is 0 Å². The summed E-state index contributed by atoms with van der Waals surface area (Å²) >= 11 is 0. The third kappa shape index (κ3) is 1.70. The topological polar surface area (TPSA) is 55.8 Å². The summed E-state index contributed by atoms with van der Waals surface area (Å²) < 4.78 is 24.8. The molecule has 0 bridgehead atoms. The smallest absolute Gasteiger partial charge is 0.342 e. The van der Waals surface area contributed by atoms with E-state index in [-0.39, 0.29) is 11.5 Å². The monoisotopic (exact) mass is 254 g/mol. The van der Waals surface area contributed by atoms with E-state index in [0.29, 0.717) is 0 Å². The van der Waals surface area contributed by atoms with Gasteiger partial charge in [-0.2, -0.15) is 0 Å². The highest BCUT2D eigenvalue weighted by Crippen LogP contribution is 2.48. The molecule has 0 aromatic heterocycles. The Balaban J connectivity index is 2.54. The fraction of sp³-hybridized carbons (Fsp3) is 0.462. The van der Waals surface area contributed by atoms with Gasteiger partial charge in [0.15, 0.2) is 11.5 Å². The summed E-state index contributed by atoms with van der Waals surface area (Å²) in [5.74, 6) is -3.01. The molecule has 1 aliphatic heterocycles. The highest BCUT2D eigenvalue weighted by molar-refractivity contribution is 5.92. The number of hydrogen-bond acceptors (Lipinski definition) is 3. The number of fused-ring (bicyclic) bond motifs is 1. The molecule has 0 saturated carbocycles. The summed E-state index contributed by atoms with van der Waals surface area (Å²) in [5.41, 5.74) is -0.876. The van der Waals surface area contributed by atoms with Crippen LogP contribution >= 0.6 is 0 Å². The normalized spacial score (nSPS) is 22.1. The Morgan fingerprint density at radius 3 is 2.44 bits per heavy atom. The Bertz CT molecular complexity index is 518. The van der Waals surface area contributed by atoms with Crippen molar-refractivity contribution in [2.45, 2.75) is 33.5 Å². The third-order valence-corrected chi connectivity index (χ3v) is 3.25. The molecule has 1 unspecified atom stereocenters. The summed E-state index contributed by atoms with van der Waals surface area (Å²) in [6.45, 7) is 7.40. The quantitative estimate of drug-likeness (QED) is 0.836. The van der Waals surface area contributed by atoms with Crippen LogP contribution in [0.25, 0.3) is 0 Å². The van der Waals surface area contributed by atoms with Crippen LogP contribution in [0, 0.1) is 11.2 Å². The Kier molecular flexibility index (Phi) is 2.54. The molecular formula is C13H15FO4. The van der Waals surface area contributed by atoms with Gasteiger partial charge in [-0.05, 0) is 12.1 Å². The average Bonchev–Trinajstić information content (AvgIpc) is 2.54. The lowest BCUT2D eigenvalue weighted by atomic mass is 9.87. The van der Waals surface area contributed by atoms with Crippen molar-refractivity contribution < 1.29 is 23.8 Å². The highest BCUT2D eigenvalue weighted by Gasteiger charge is 2.49. The molecule has 1 atom stereocenters. The van der Waals surface area contributed by atoms with Crippen LogP contribution in [0.4, 0.5) is 4.39 Å². The molecule has 1 aromatic carbocycles. The molecule has 5 heteroatoms. The standard InChI is InChI=1S/C13H15FO4/c1-12(2,3)13(4)17-8-6-5-7(14)9(11(15)16)10(8)18-13/h5-6H,1-4H3,(H,15,16). The number of benzene rings is 1. The molecule has 0 amide bonds. The number of halogens is 1. The van der Waals surface area contributed by atoms with Crippen LogP contribution in [0.5, 0.6) is 11.5 Å². The van der Waals surface area contributed by atoms with Crippen LogP contribution in [0.2, 0.25) is 0 Å². The van der Waals surface area contributed by atoms with Gasteiger partial charge in [-0.25, -0.2) is 9.18 Å². The van der Waals surface area contributed by atoms with Crippen LogP contribution in [0.3, 0.4) is 0 Å². The molecule has 1 heterocycles. The Morgan fingerprint density at radius 2 is 1.94 bits per heavy atom. The van der Waals surface area contributed by atoms with E-state index in [4.69, 9.17) is 14.6 Å². The van der Waals surface area contributed by atoms with Gasteiger partial charge in [-0.3, -0.25) is 0 Å². The zero-order valence-corrected chi connectivity index (χ0v) is 10.7. The number of hydrogen-bond donors (Lipinski definition) is 1. The molecule has 0 spiro atoms. The van der Waals surface area contributed by atoms with Crippen LogP contribution in [0.15, 0.2) is 12.1 Å². The van der Waals surface area contributed by atoms with E-state index < -0.39 is 28.6 Å². The van der Waals surface area contributed by atoms with Gasteiger partial charge in [0.2, 0.25) is 0 Å². The first-order valence-corrected chi connectivity index (χ1v) is 5.59. The third-order valence-electron chi connectivity index (χ3n) is 3.25. The summed E-state index contributed by atoms with van der Waals surface area (Å²) in [5, 5.41) is 9.03. The SMILES string of the molecule is CC(C)(C)C1(C)Oc2ccc(F)c(C(=O)O)c2O1. The maximum Gasteiger partial charge on any atom is 0.342 e. The Hall–Kier alpha value is -1.78. The molecule has 0 radical (unpaired) electrons. The molecule has 4 nitrogen and oxygen atoms in total. The summed E-state index contributed by atoms with van der Waals surface area (Å²) in [7, 11) is 0. The van der Waals surface area contributed by atoms with E-state index >= 15 is 0 Å². The molecule has 98 valence electrons. The van der Waals surface area contributed by atoms with E-state index in [1.54, 1.807) is 6.92 Å². The molecule has 1 aromatic rings. The van der Waals surface area contributed by atoms with Gasteiger partial charge < -0.3 is 14.6 Å². The molecule has 1 N–H and O–H groups in total. The second-order valence-corrected chi connectivity index (χ2v) is 5.45. The predicted molar refractivity (Wildman–Crippen MR) is 62.5 cm³/mol. The average molecular weight is 254 g/mol. The van der Waals surface area contributed by atoms with Crippen LogP contribution in [0.1, 0.15) is 38.1 Å². The fourth-order valence-electron chi connectivity index (χ4n) is 1.65. The Labute approximate surface area is 104 Å². The summed E-state index contributed by atoms with van der Waals surface area (Å²) in [6, 6.07) is 2.45. The number of ether oxygens (including phenoxy) is 2. The van der Waals surface area contributed by atoms with Gasteiger partial charge in [0.25, 0.3) is 5.79 Å². The van der Waals surface area contributed by atoms with Crippen molar-refractivity contribution in [2.24, 2.45) is 5.41 Å². The number of carboxylic acids is 1. The zero-order chi connectivity index (χ0) is 13.7. The van der Waals surface area contributed by atoms with E-state index in [9.17, 15) is 9.18 Å². The van der Waals surface area contributed by atoms with E-state index in [0.717, 1.165) is 6.07 Å². The van der Waals surface area contributed by atoms with Crippen LogP contribution < -0.4 is 9.47 Å². The minimum atomic E-state index is -1.37. The molecule has 2 rings (SSSR count). The van der Waals surface area contributed by atoms with Crippen molar-refractivity contribution in [1.29, 1.82) is 0 Å². The summed E-state index contributed by atoms with van der Waals surface area (Å²) in [6.07, 6.45) is 0. The van der Waals surface area contributed by atoms with E-state index in [1.807, 2.05) is 20.8 Å². The van der Waals surface area contributed by atoms with Crippen LogP contribution in [-0.2, 0) is 0 Å². The van der Waals surface area contributed by atoms with Gasteiger partial charge in [0.05, 0.1) is 0 Å². The maximum atomic E-state index is 13.5. The number of carbonyl (C=O) groups is 1. The molecule has 1 aliphatic rings. The maximum absolute atomic E-state index is 13.5. The van der Waals surface area contributed by atoms with Crippen molar-refractivity contribution >= 4 is 5.97 Å². The molecular weight excluding hydrogens is 239 g/mol. The van der Waals surface area contributed by atoms with Gasteiger partial charge >= 0.3 is 5.97 Å². The van der Waals surface area contributed by atoms with Crippen LogP contribution in [-0.4, -0.2) is 16.9 Å². The second-order valence-electron chi connectivity index (χ2n) is 5.45. The van der Waals surface area contributed by atoms with Crippen molar-refractivity contribution in [3.05, 3.63) is 23.5 Å². The predicted octanol–water partition coefficient (Wildman–Crippen LogP) is 3.06. The van der Waals surface area contributed by atoms with Crippen molar-refractivity contribution in [3.63, 3.8) is 0 Å². The number of aromatic carboxylic acids is 1.